The second-order valence-corrected chi connectivity index (χ2v) is 14.1. The molecule has 0 saturated carbocycles. The first-order chi connectivity index (χ1) is 21.6. The Morgan fingerprint density at radius 1 is 0.804 bits per heavy atom. The highest BCUT2D eigenvalue weighted by atomic mass is 35.5. The lowest BCUT2D eigenvalue weighted by Gasteiger charge is -2.12. The molecule has 0 aliphatic carbocycles. The zero-order valence-electron chi connectivity index (χ0n) is 23.1. The van der Waals surface area contributed by atoms with Crippen LogP contribution >= 0.6 is 11.6 Å². The van der Waals surface area contributed by atoms with Crippen molar-refractivity contribution in [2.24, 2.45) is 0 Å². The fourth-order valence-electron chi connectivity index (χ4n) is 3.90. The van der Waals surface area contributed by atoms with Crippen molar-refractivity contribution in [2.75, 3.05) is 30.1 Å². The van der Waals surface area contributed by atoms with Gasteiger partial charge in [0.15, 0.2) is 9.84 Å². The Hall–Kier alpha value is -4.51. The summed E-state index contributed by atoms with van der Waals surface area (Å²) in [5.41, 5.74) is 1.87. The highest BCUT2D eigenvalue weighted by Gasteiger charge is 2.18. The standard InChI is InChI=1S/C24H21ClN8O10S3/c1-42-21-12-15(33-31-18-9-7-17(45(36,37)38)13-20(18)32-33)4-8-19(21)27-24-29-22(25)28-23(30-24)26-14-2-5-16(6-3-14)44(34,35)11-10-43-46(39,40)41/h2-9,12-13H,10-11H2,1H3,(H,36,37,38)(H,39,40,41)(H2,26,27,28,29,30). The average molecular weight is 713 g/mol. The third kappa shape index (κ3) is 8.00. The molecule has 242 valence electrons. The molecule has 5 aromatic rings. The van der Waals surface area contributed by atoms with Gasteiger partial charge >= 0.3 is 10.4 Å². The van der Waals surface area contributed by atoms with Crippen molar-refractivity contribution in [3.63, 3.8) is 0 Å². The SMILES string of the molecule is COc1cc(-n2nc3ccc(S(=O)(=O)O)cc3n2)ccc1Nc1nc(Cl)nc(Nc2ccc(S(=O)(=O)CCOS(=O)(=O)O)cc2)n1. The quantitative estimate of drug-likeness (QED) is 0.136. The molecule has 46 heavy (non-hydrogen) atoms. The summed E-state index contributed by atoms with van der Waals surface area (Å²) in [5, 5.41) is 14.3. The Morgan fingerprint density at radius 2 is 1.46 bits per heavy atom. The zero-order chi connectivity index (χ0) is 33.3. The predicted octanol–water partition coefficient (Wildman–Crippen LogP) is 2.59. The fourth-order valence-corrected chi connectivity index (χ4v) is 6.05. The van der Waals surface area contributed by atoms with E-state index in [1.54, 1.807) is 18.2 Å². The van der Waals surface area contributed by atoms with Crippen LogP contribution in [0.3, 0.4) is 0 Å². The van der Waals surface area contributed by atoms with Crippen LogP contribution in [0.15, 0.2) is 70.5 Å². The summed E-state index contributed by atoms with van der Waals surface area (Å²) >= 11 is 6.11. The van der Waals surface area contributed by atoms with Crippen molar-refractivity contribution in [2.45, 2.75) is 9.79 Å². The number of fused-ring (bicyclic) bond motifs is 1. The molecular formula is C24H21ClN8O10S3. The van der Waals surface area contributed by atoms with Gasteiger partial charge in [-0.1, -0.05) is 0 Å². The minimum absolute atomic E-state index is 0.00643. The van der Waals surface area contributed by atoms with E-state index in [4.69, 9.17) is 20.9 Å². The molecule has 2 aromatic heterocycles. The van der Waals surface area contributed by atoms with Gasteiger partial charge in [0.05, 0.1) is 40.6 Å². The van der Waals surface area contributed by atoms with E-state index in [0.717, 1.165) is 0 Å². The van der Waals surface area contributed by atoms with Gasteiger partial charge in [0.25, 0.3) is 10.1 Å². The first-order valence-electron chi connectivity index (χ1n) is 12.5. The van der Waals surface area contributed by atoms with Gasteiger partial charge in [-0.15, -0.1) is 10.2 Å². The van der Waals surface area contributed by atoms with E-state index in [1.807, 2.05) is 0 Å². The van der Waals surface area contributed by atoms with Gasteiger partial charge in [-0.3, -0.25) is 9.11 Å². The van der Waals surface area contributed by atoms with Crippen LogP contribution in [0.2, 0.25) is 5.28 Å². The van der Waals surface area contributed by atoms with E-state index in [2.05, 4.69) is 40.0 Å². The summed E-state index contributed by atoms with van der Waals surface area (Å²) in [6, 6.07) is 14.0. The number of ether oxygens (including phenoxy) is 1. The monoisotopic (exact) mass is 712 g/mol. The maximum atomic E-state index is 12.4. The van der Waals surface area contributed by atoms with Gasteiger partial charge in [0.1, 0.15) is 16.8 Å². The van der Waals surface area contributed by atoms with Crippen LogP contribution in [0.4, 0.5) is 23.3 Å². The molecule has 0 saturated heterocycles. The van der Waals surface area contributed by atoms with Gasteiger partial charge in [0, 0.05) is 11.8 Å². The molecule has 4 N–H and O–H groups in total. The zero-order valence-corrected chi connectivity index (χ0v) is 26.3. The number of aromatic nitrogens is 6. The molecule has 5 rings (SSSR count). The summed E-state index contributed by atoms with van der Waals surface area (Å²) in [7, 11) is -11.7. The molecule has 0 fully saturated rings. The average Bonchev–Trinajstić information content (AvgIpc) is 3.40. The number of rotatable bonds is 12. The van der Waals surface area contributed by atoms with Crippen molar-refractivity contribution in [1.29, 1.82) is 0 Å². The van der Waals surface area contributed by atoms with Crippen LogP contribution < -0.4 is 15.4 Å². The van der Waals surface area contributed by atoms with E-state index in [0.29, 0.717) is 28.3 Å². The van der Waals surface area contributed by atoms with E-state index in [1.165, 1.54) is 54.4 Å². The fraction of sp³-hybridized carbons (Fsp3) is 0.125. The van der Waals surface area contributed by atoms with Gasteiger partial charge in [-0.05, 0) is 66.2 Å². The second kappa shape index (κ2) is 12.7. The molecule has 0 aliphatic rings. The maximum absolute atomic E-state index is 12.4. The Balaban J connectivity index is 1.32. The van der Waals surface area contributed by atoms with Crippen LogP contribution in [0.25, 0.3) is 16.7 Å². The Morgan fingerprint density at radius 3 is 2.11 bits per heavy atom. The van der Waals surface area contributed by atoms with Crippen molar-refractivity contribution < 1.29 is 43.3 Å². The molecule has 0 atom stereocenters. The number of sulfone groups is 1. The van der Waals surface area contributed by atoms with Crippen LogP contribution in [-0.4, -0.2) is 83.8 Å². The van der Waals surface area contributed by atoms with E-state index < -0.39 is 42.7 Å². The Labute approximate surface area is 266 Å². The predicted molar refractivity (Wildman–Crippen MR) is 163 cm³/mol. The van der Waals surface area contributed by atoms with E-state index >= 15 is 0 Å². The van der Waals surface area contributed by atoms with Crippen molar-refractivity contribution in [1.82, 2.24) is 29.9 Å². The maximum Gasteiger partial charge on any atom is 0.397 e. The summed E-state index contributed by atoms with van der Waals surface area (Å²) < 4.78 is 96.5. The first kappa shape index (κ1) is 32.9. The molecule has 0 bridgehead atoms. The molecule has 0 unspecified atom stereocenters. The third-order valence-corrected chi connectivity index (χ3v) is 9.15. The number of hydrogen-bond acceptors (Lipinski definition) is 15. The van der Waals surface area contributed by atoms with Crippen molar-refractivity contribution >= 4 is 76.3 Å². The number of halogens is 1. The topological polar surface area (TPSA) is 255 Å². The largest absolute Gasteiger partial charge is 0.494 e. The summed E-state index contributed by atoms with van der Waals surface area (Å²) in [6.07, 6.45) is 0. The third-order valence-electron chi connectivity index (χ3n) is 5.97. The van der Waals surface area contributed by atoms with Gasteiger partial charge in [0.2, 0.25) is 17.2 Å². The lowest BCUT2D eigenvalue weighted by Crippen LogP contribution is -2.15. The molecule has 3 aromatic carbocycles. The molecule has 2 heterocycles. The smallest absolute Gasteiger partial charge is 0.397 e. The second-order valence-electron chi connectivity index (χ2n) is 9.09. The summed E-state index contributed by atoms with van der Waals surface area (Å²) in [6.45, 7) is -0.758. The van der Waals surface area contributed by atoms with E-state index in [9.17, 15) is 29.8 Å². The molecule has 22 heteroatoms. The lowest BCUT2D eigenvalue weighted by atomic mass is 10.2. The molecule has 0 aliphatic heterocycles. The van der Waals surface area contributed by atoms with Crippen LogP contribution in [-0.2, 0) is 34.5 Å². The molecule has 0 amide bonds. The van der Waals surface area contributed by atoms with Gasteiger partial charge in [-0.2, -0.15) is 36.6 Å². The normalized spacial score (nSPS) is 12.3. The number of benzene rings is 3. The molecule has 18 nitrogen and oxygen atoms in total. The first-order valence-corrected chi connectivity index (χ1v) is 17.4. The minimum Gasteiger partial charge on any atom is -0.494 e. The number of anilines is 4. The van der Waals surface area contributed by atoms with Crippen LogP contribution in [0.5, 0.6) is 5.75 Å². The van der Waals surface area contributed by atoms with Crippen LogP contribution in [0, 0.1) is 0 Å². The van der Waals surface area contributed by atoms with Crippen molar-refractivity contribution in [3.8, 4) is 11.4 Å². The summed E-state index contributed by atoms with van der Waals surface area (Å²) in [5.74, 6) is -0.337. The molecule has 0 spiro atoms. The number of nitrogens with zero attached hydrogens (tertiary/aromatic N) is 6. The van der Waals surface area contributed by atoms with Gasteiger partial charge in [-0.25, -0.2) is 12.6 Å². The van der Waals surface area contributed by atoms with E-state index in [-0.39, 0.29) is 32.5 Å². The minimum atomic E-state index is -4.77. The Bertz CT molecular complexity index is 2270. The van der Waals surface area contributed by atoms with Crippen molar-refractivity contribution in [3.05, 3.63) is 65.9 Å². The number of methoxy groups -OCH3 is 1. The lowest BCUT2D eigenvalue weighted by molar-refractivity contribution is 0.284. The molecular weight excluding hydrogens is 692 g/mol. The summed E-state index contributed by atoms with van der Waals surface area (Å²) in [4.78, 5) is 13.2. The van der Waals surface area contributed by atoms with Gasteiger partial charge < -0.3 is 15.4 Å². The highest BCUT2D eigenvalue weighted by Crippen LogP contribution is 2.30. The Kier molecular flexibility index (Phi) is 9.08. The van der Waals surface area contributed by atoms with Crippen LogP contribution in [0.1, 0.15) is 0 Å². The molecule has 0 radical (unpaired) electrons. The number of hydrogen-bond donors (Lipinski definition) is 4. The highest BCUT2D eigenvalue weighted by molar-refractivity contribution is 7.91. The number of nitrogens with one attached hydrogen (secondary N) is 2.